The van der Waals surface area contributed by atoms with Gasteiger partial charge in [0, 0.05) is 12.5 Å². The van der Waals surface area contributed by atoms with Crippen LogP contribution in [0, 0.1) is 11.3 Å². The van der Waals surface area contributed by atoms with Crippen molar-refractivity contribution in [2.75, 3.05) is 5.32 Å². The first-order chi connectivity index (χ1) is 7.63. The van der Waals surface area contributed by atoms with E-state index >= 15 is 0 Å². The van der Waals surface area contributed by atoms with Gasteiger partial charge in [-0.05, 0) is 25.5 Å². The first-order valence-electron chi connectivity index (χ1n) is 5.18. The standard InChI is InChI=1S/C12H15N3O/c1-9(14)6-7-12(16)15-11-5-3-2-4-10(11)8-13/h2-5,9H,6-7,14H2,1H3,(H,15,16). The van der Waals surface area contributed by atoms with Gasteiger partial charge in [0.05, 0.1) is 11.3 Å². The molecule has 0 radical (unpaired) electrons. The largest absolute Gasteiger partial charge is 0.328 e. The second-order valence-electron chi connectivity index (χ2n) is 3.72. The lowest BCUT2D eigenvalue weighted by atomic mass is 10.1. The van der Waals surface area contributed by atoms with Gasteiger partial charge in [0.1, 0.15) is 6.07 Å². The lowest BCUT2D eigenvalue weighted by molar-refractivity contribution is -0.116. The fourth-order valence-corrected chi connectivity index (χ4v) is 1.26. The predicted molar refractivity (Wildman–Crippen MR) is 62.7 cm³/mol. The topological polar surface area (TPSA) is 78.9 Å². The second-order valence-corrected chi connectivity index (χ2v) is 3.72. The normalized spacial score (nSPS) is 11.6. The number of nitriles is 1. The molecule has 1 amide bonds. The van der Waals surface area contributed by atoms with E-state index < -0.39 is 0 Å². The third kappa shape index (κ3) is 3.71. The summed E-state index contributed by atoms with van der Waals surface area (Å²) in [6.45, 7) is 1.86. The number of para-hydroxylation sites is 1. The van der Waals surface area contributed by atoms with Crippen molar-refractivity contribution < 1.29 is 4.79 Å². The summed E-state index contributed by atoms with van der Waals surface area (Å²) in [5, 5.41) is 11.5. The molecule has 0 aliphatic carbocycles. The Labute approximate surface area is 95.1 Å². The van der Waals surface area contributed by atoms with Gasteiger partial charge in [-0.15, -0.1) is 0 Å². The molecule has 3 N–H and O–H groups in total. The molecule has 0 spiro atoms. The highest BCUT2D eigenvalue weighted by Crippen LogP contribution is 2.13. The summed E-state index contributed by atoms with van der Waals surface area (Å²) in [5.74, 6) is -0.111. The molecule has 1 atom stereocenters. The average molecular weight is 217 g/mol. The summed E-state index contributed by atoms with van der Waals surface area (Å²) in [7, 11) is 0. The van der Waals surface area contributed by atoms with Crippen LogP contribution in [-0.4, -0.2) is 11.9 Å². The Morgan fingerprint density at radius 3 is 2.88 bits per heavy atom. The van der Waals surface area contributed by atoms with E-state index in [9.17, 15) is 4.79 Å². The van der Waals surface area contributed by atoms with Gasteiger partial charge in [-0.1, -0.05) is 12.1 Å². The zero-order valence-corrected chi connectivity index (χ0v) is 9.23. The van der Waals surface area contributed by atoms with Crippen LogP contribution in [0.4, 0.5) is 5.69 Å². The quantitative estimate of drug-likeness (QED) is 0.804. The zero-order valence-electron chi connectivity index (χ0n) is 9.23. The molecule has 0 aromatic heterocycles. The van der Waals surface area contributed by atoms with Crippen molar-refractivity contribution in [3.8, 4) is 6.07 Å². The highest BCUT2D eigenvalue weighted by atomic mass is 16.1. The van der Waals surface area contributed by atoms with Gasteiger partial charge in [0.25, 0.3) is 0 Å². The van der Waals surface area contributed by atoms with Gasteiger partial charge in [0.2, 0.25) is 5.91 Å². The maximum Gasteiger partial charge on any atom is 0.224 e. The Hall–Kier alpha value is -1.86. The van der Waals surface area contributed by atoms with Crippen LogP contribution in [0.3, 0.4) is 0 Å². The lowest BCUT2D eigenvalue weighted by Gasteiger charge is -2.07. The minimum absolute atomic E-state index is 0.0111. The fraction of sp³-hybridized carbons (Fsp3) is 0.333. The molecule has 16 heavy (non-hydrogen) atoms. The smallest absolute Gasteiger partial charge is 0.224 e. The van der Waals surface area contributed by atoms with Crippen molar-refractivity contribution in [3.63, 3.8) is 0 Å². The van der Waals surface area contributed by atoms with E-state index in [0.29, 0.717) is 24.1 Å². The molecule has 1 aromatic rings. The molecule has 1 aromatic carbocycles. The number of benzene rings is 1. The number of hydrogen-bond donors (Lipinski definition) is 2. The van der Waals surface area contributed by atoms with E-state index in [2.05, 4.69) is 5.32 Å². The van der Waals surface area contributed by atoms with Gasteiger partial charge in [-0.2, -0.15) is 5.26 Å². The molecule has 1 unspecified atom stereocenters. The molecule has 0 saturated heterocycles. The molecular formula is C12H15N3O. The lowest BCUT2D eigenvalue weighted by Crippen LogP contribution is -2.19. The molecule has 84 valence electrons. The van der Waals surface area contributed by atoms with Crippen LogP contribution >= 0.6 is 0 Å². The number of hydrogen-bond acceptors (Lipinski definition) is 3. The SMILES string of the molecule is CC(N)CCC(=O)Nc1ccccc1C#N. The number of nitrogens with one attached hydrogen (secondary N) is 1. The van der Waals surface area contributed by atoms with E-state index in [1.807, 2.05) is 13.0 Å². The van der Waals surface area contributed by atoms with E-state index in [1.54, 1.807) is 24.3 Å². The predicted octanol–water partition coefficient (Wildman–Crippen LogP) is 1.62. The summed E-state index contributed by atoms with van der Waals surface area (Å²) < 4.78 is 0. The van der Waals surface area contributed by atoms with Gasteiger partial charge in [0.15, 0.2) is 0 Å². The average Bonchev–Trinajstić information content (AvgIpc) is 2.27. The van der Waals surface area contributed by atoms with Crippen molar-refractivity contribution in [1.82, 2.24) is 0 Å². The van der Waals surface area contributed by atoms with Gasteiger partial charge < -0.3 is 11.1 Å². The summed E-state index contributed by atoms with van der Waals surface area (Å²) in [6.07, 6.45) is 1.01. The van der Waals surface area contributed by atoms with Crippen molar-refractivity contribution in [2.24, 2.45) is 5.73 Å². The first-order valence-corrected chi connectivity index (χ1v) is 5.18. The molecule has 0 aliphatic heterocycles. The third-order valence-corrected chi connectivity index (χ3v) is 2.15. The first kappa shape index (κ1) is 12.2. The van der Waals surface area contributed by atoms with Gasteiger partial charge in [-0.25, -0.2) is 0 Å². The van der Waals surface area contributed by atoms with E-state index in [-0.39, 0.29) is 11.9 Å². The highest BCUT2D eigenvalue weighted by molar-refractivity contribution is 5.92. The van der Waals surface area contributed by atoms with Crippen molar-refractivity contribution in [1.29, 1.82) is 5.26 Å². The van der Waals surface area contributed by atoms with E-state index in [1.165, 1.54) is 0 Å². The van der Waals surface area contributed by atoms with Crippen LogP contribution in [0.15, 0.2) is 24.3 Å². The van der Waals surface area contributed by atoms with Crippen LogP contribution in [0.25, 0.3) is 0 Å². The Bertz CT molecular complexity index is 407. The fourth-order valence-electron chi connectivity index (χ4n) is 1.26. The molecule has 1 rings (SSSR count). The molecule has 0 bridgehead atoms. The summed E-state index contributed by atoms with van der Waals surface area (Å²) in [4.78, 5) is 11.5. The minimum Gasteiger partial charge on any atom is -0.328 e. The molecule has 4 heteroatoms. The van der Waals surface area contributed by atoms with Crippen molar-refractivity contribution in [3.05, 3.63) is 29.8 Å². The molecular weight excluding hydrogens is 202 g/mol. The van der Waals surface area contributed by atoms with Gasteiger partial charge in [-0.3, -0.25) is 4.79 Å². The minimum atomic E-state index is -0.111. The van der Waals surface area contributed by atoms with Crippen LogP contribution in [0.5, 0.6) is 0 Å². The van der Waals surface area contributed by atoms with Crippen LogP contribution in [-0.2, 0) is 4.79 Å². The van der Waals surface area contributed by atoms with E-state index in [4.69, 9.17) is 11.0 Å². The van der Waals surface area contributed by atoms with Crippen molar-refractivity contribution >= 4 is 11.6 Å². The number of anilines is 1. The number of nitrogens with zero attached hydrogens (tertiary/aromatic N) is 1. The number of carbonyl (C=O) groups excluding carboxylic acids is 1. The maximum atomic E-state index is 11.5. The number of rotatable bonds is 4. The summed E-state index contributed by atoms with van der Waals surface area (Å²) in [5.41, 5.74) is 6.58. The van der Waals surface area contributed by atoms with Crippen LogP contribution in [0.2, 0.25) is 0 Å². The Morgan fingerprint density at radius 1 is 1.56 bits per heavy atom. The summed E-state index contributed by atoms with van der Waals surface area (Å²) in [6, 6.07) is 8.96. The van der Waals surface area contributed by atoms with Crippen LogP contribution < -0.4 is 11.1 Å². The maximum absolute atomic E-state index is 11.5. The van der Waals surface area contributed by atoms with E-state index in [0.717, 1.165) is 0 Å². The monoisotopic (exact) mass is 217 g/mol. The summed E-state index contributed by atoms with van der Waals surface area (Å²) >= 11 is 0. The Morgan fingerprint density at radius 2 is 2.25 bits per heavy atom. The van der Waals surface area contributed by atoms with Crippen molar-refractivity contribution in [2.45, 2.75) is 25.8 Å². The molecule has 4 nitrogen and oxygen atoms in total. The molecule has 0 heterocycles. The molecule has 0 fully saturated rings. The second kappa shape index (κ2) is 5.89. The molecule has 0 saturated carbocycles. The highest BCUT2D eigenvalue weighted by Gasteiger charge is 2.06. The molecule has 0 aliphatic rings. The number of carbonyl (C=O) groups is 1. The van der Waals surface area contributed by atoms with Gasteiger partial charge >= 0.3 is 0 Å². The Kier molecular flexibility index (Phi) is 4.49. The van der Waals surface area contributed by atoms with Crippen LogP contribution in [0.1, 0.15) is 25.3 Å². The number of amides is 1. The number of nitrogens with two attached hydrogens (primary N) is 1. The Balaban J connectivity index is 2.60. The zero-order chi connectivity index (χ0) is 12.0. The third-order valence-electron chi connectivity index (χ3n) is 2.15.